The third-order valence-corrected chi connectivity index (χ3v) is 12.7. The Labute approximate surface area is 408 Å². The Morgan fingerprint density at radius 1 is 0.324 bits per heavy atom. The largest absolute Gasteiger partial charge is 0.456 e. The molecule has 0 aliphatic carbocycles. The molecule has 5 nitrogen and oxygen atoms in total. The first-order valence-electron chi connectivity index (χ1n) is 21.3. The molecule has 17 heteroatoms. The Balaban J connectivity index is 1.11. The fraction of sp³-hybridized carbons (Fsp3) is 0. The van der Waals surface area contributed by atoms with Crippen LogP contribution in [-0.2, 0) is 0 Å². The third-order valence-electron chi connectivity index (χ3n) is 12.7. The first-order valence-corrected chi connectivity index (χ1v) is 21.3. The summed E-state index contributed by atoms with van der Waals surface area (Å²) in [5, 5.41) is 2.39. The van der Waals surface area contributed by atoms with E-state index in [4.69, 9.17) is 114 Å². The van der Waals surface area contributed by atoms with Crippen molar-refractivity contribution in [2.75, 3.05) is 0 Å². The molecule has 8 aromatic carbocycles. The van der Waals surface area contributed by atoms with E-state index in [1.165, 1.54) is 0 Å². The molecule has 0 unspecified atom stereocenters. The highest BCUT2D eigenvalue weighted by molar-refractivity contribution is 6.72. The molecule has 0 saturated heterocycles. The summed E-state index contributed by atoms with van der Waals surface area (Å²) in [4.78, 5) is 15.0. The molecule has 68 heavy (non-hydrogen) atoms. The van der Waals surface area contributed by atoms with Crippen molar-refractivity contribution in [3.63, 3.8) is 0 Å². The van der Waals surface area contributed by atoms with Crippen molar-refractivity contribution in [1.82, 2.24) is 19.5 Å². The van der Waals surface area contributed by atoms with Gasteiger partial charge in [-0.05, 0) is 63.4 Å². The molecule has 0 bridgehead atoms. The van der Waals surface area contributed by atoms with Crippen molar-refractivity contribution < 1.29 is 4.42 Å². The van der Waals surface area contributed by atoms with E-state index < -0.39 is 0 Å². The smallest absolute Gasteiger partial charge is 0.164 e. The molecule has 0 N–H and O–H groups in total. The lowest BCUT2D eigenvalue weighted by atomic mass is 9.57. The predicted molar refractivity (Wildman–Crippen MR) is 293 cm³/mol. The van der Waals surface area contributed by atoms with Crippen LogP contribution < -0.4 is 65.6 Å². The second-order valence-corrected chi connectivity index (χ2v) is 16.6. The van der Waals surface area contributed by atoms with Gasteiger partial charge in [0, 0.05) is 50.2 Å². The van der Waals surface area contributed by atoms with Crippen molar-refractivity contribution in [1.29, 1.82) is 0 Å². The van der Waals surface area contributed by atoms with Crippen LogP contribution in [0.2, 0.25) is 0 Å². The topological polar surface area (TPSA) is 56.7 Å². The number of hydrogen-bond donors (Lipinski definition) is 0. The summed E-state index contributed by atoms with van der Waals surface area (Å²) in [6.45, 7) is 0. The molecule has 24 radical (unpaired) electrons. The van der Waals surface area contributed by atoms with Crippen LogP contribution in [0.15, 0.2) is 126 Å². The summed E-state index contributed by atoms with van der Waals surface area (Å²) >= 11 is 0. The summed E-state index contributed by atoms with van der Waals surface area (Å²) in [5.74, 6) is 1.51. The monoisotopic (exact) mass is 836 g/mol. The summed E-state index contributed by atoms with van der Waals surface area (Å²) in [6, 6.07) is 39.6. The molecule has 11 aromatic rings. The Hall–Kier alpha value is -6.85. The van der Waals surface area contributed by atoms with Crippen LogP contribution in [-0.4, -0.2) is 114 Å². The molecular formula is C51H20B12N4O. The Morgan fingerprint density at radius 3 is 1.38 bits per heavy atom. The molecule has 3 aromatic heterocycles. The zero-order valence-electron chi connectivity index (χ0n) is 36.2. The molecule has 0 saturated carbocycles. The maximum absolute atomic E-state index is 7.19. The van der Waals surface area contributed by atoms with Gasteiger partial charge in [0.15, 0.2) is 17.5 Å². The van der Waals surface area contributed by atoms with Crippen LogP contribution in [0.5, 0.6) is 0 Å². The second kappa shape index (κ2) is 16.4. The predicted octanol–water partition coefficient (Wildman–Crippen LogP) is -1.27. The van der Waals surface area contributed by atoms with E-state index in [1.54, 1.807) is 4.57 Å². The molecule has 286 valence electrons. The zero-order valence-corrected chi connectivity index (χ0v) is 36.2. The lowest BCUT2D eigenvalue weighted by Crippen LogP contribution is -2.56. The van der Waals surface area contributed by atoms with Gasteiger partial charge in [-0.1, -0.05) is 123 Å². The molecule has 0 atom stereocenters. The van der Waals surface area contributed by atoms with Crippen LogP contribution in [0.4, 0.5) is 0 Å². The molecule has 11 rings (SSSR count). The van der Waals surface area contributed by atoms with Crippen LogP contribution in [0.1, 0.15) is 0 Å². The highest BCUT2D eigenvalue weighted by Crippen LogP contribution is 2.36. The number of aromatic nitrogens is 4. The van der Waals surface area contributed by atoms with Gasteiger partial charge >= 0.3 is 0 Å². The summed E-state index contributed by atoms with van der Waals surface area (Å²) in [7, 11) is 79.5. The fourth-order valence-electron chi connectivity index (χ4n) is 9.20. The molecule has 0 aliphatic rings. The van der Waals surface area contributed by atoms with Gasteiger partial charge in [-0.3, -0.25) is 0 Å². The van der Waals surface area contributed by atoms with E-state index in [9.17, 15) is 0 Å². The maximum Gasteiger partial charge on any atom is 0.164 e. The summed E-state index contributed by atoms with van der Waals surface area (Å²) in [5.41, 5.74) is 7.76. The highest BCUT2D eigenvalue weighted by atomic mass is 16.3. The Morgan fingerprint density at radius 2 is 0.750 bits per heavy atom. The van der Waals surface area contributed by atoms with Crippen LogP contribution in [0.3, 0.4) is 0 Å². The normalized spacial score (nSPS) is 11.6. The van der Waals surface area contributed by atoms with Crippen molar-refractivity contribution in [2.24, 2.45) is 0 Å². The molecule has 0 fully saturated rings. The van der Waals surface area contributed by atoms with Gasteiger partial charge in [0.25, 0.3) is 0 Å². The zero-order chi connectivity index (χ0) is 47.4. The molecule has 0 aliphatic heterocycles. The van der Waals surface area contributed by atoms with E-state index in [2.05, 4.69) is 24.3 Å². The highest BCUT2D eigenvalue weighted by Gasteiger charge is 2.26. The van der Waals surface area contributed by atoms with Gasteiger partial charge in [-0.15, -0.1) is 27.3 Å². The van der Waals surface area contributed by atoms with Gasteiger partial charge in [-0.25, -0.2) is 15.0 Å². The van der Waals surface area contributed by atoms with Gasteiger partial charge in [0.2, 0.25) is 0 Å². The first-order chi connectivity index (χ1) is 32.7. The number of furan rings is 1. The molecule has 0 spiro atoms. The van der Waals surface area contributed by atoms with E-state index >= 15 is 0 Å². The maximum atomic E-state index is 7.19. The number of nitrogens with zero attached hydrogens (tertiary/aromatic N) is 4. The molecule has 0 amide bonds. The standard InChI is InChI=1S/C51H20B12N4O/c52-35-32(31-36(53)41(58)44(61)42(59)37(31)54)40(57)47-33(38(35)55)34-39(56)43(60)45(62)46(63)48(34)67(47)26-15-17-28-27-16-14-25(19-29(27)68-30(28)20-26)51-65-49(22-10-5-2-6-11-22)64-50(66-51)24-13-7-12-23(18-24)21-8-3-1-4-9-21/h1-20H. The average Bonchev–Trinajstić information content (AvgIpc) is 3.93. The number of rotatable bonds is 6. The van der Waals surface area contributed by atoms with Gasteiger partial charge in [0.05, 0.1) is 0 Å². The fourth-order valence-corrected chi connectivity index (χ4v) is 9.20. The van der Waals surface area contributed by atoms with Crippen molar-refractivity contribution in [3.8, 4) is 62.1 Å². The SMILES string of the molecule is [B]c1c([B])c([B])c(-c2c([B])c([B])c3c4c([B])c([B])c([B])c([B])c4n(-c4ccc5c(c4)oc4cc(-c6nc(-c7ccccc7)nc(-c7cccc(-c8ccccc8)c7)n6)ccc45)c3c2[B])c([B])c1[B]. The van der Waals surface area contributed by atoms with Gasteiger partial charge in [0.1, 0.15) is 105 Å². The van der Waals surface area contributed by atoms with Crippen molar-refractivity contribution >= 4 is 203 Å². The minimum atomic E-state index is -0.00145. The third kappa shape index (κ3) is 6.67. The number of benzene rings is 8. The van der Waals surface area contributed by atoms with E-state index in [0.717, 1.165) is 33.0 Å². The van der Waals surface area contributed by atoms with Crippen LogP contribution >= 0.6 is 0 Å². The minimum absolute atomic E-state index is 0.00145. The minimum Gasteiger partial charge on any atom is -0.456 e. The van der Waals surface area contributed by atoms with Gasteiger partial charge < -0.3 is 8.98 Å². The lowest BCUT2D eigenvalue weighted by Gasteiger charge is -2.26. The second-order valence-electron chi connectivity index (χ2n) is 16.6. The van der Waals surface area contributed by atoms with E-state index in [-0.39, 0.29) is 76.7 Å². The molecule has 3 heterocycles. The van der Waals surface area contributed by atoms with Crippen molar-refractivity contribution in [3.05, 3.63) is 121 Å². The number of fused-ring (bicyclic) bond motifs is 6. The quantitative estimate of drug-likeness (QED) is 0.197. The number of hydrogen-bond acceptors (Lipinski definition) is 4. The van der Waals surface area contributed by atoms with E-state index in [1.807, 2.05) is 97.1 Å². The summed E-state index contributed by atoms with van der Waals surface area (Å²) < 4.78 is 8.45. The molecular weight excluding hydrogens is 814 g/mol. The Kier molecular flexibility index (Phi) is 10.6. The lowest BCUT2D eigenvalue weighted by molar-refractivity contribution is 0.668. The van der Waals surface area contributed by atoms with Gasteiger partial charge in [-0.2, -0.15) is 0 Å². The van der Waals surface area contributed by atoms with Crippen molar-refractivity contribution in [2.45, 2.75) is 0 Å². The average molecular weight is 834 g/mol. The van der Waals surface area contributed by atoms with Crippen LogP contribution in [0, 0.1) is 0 Å². The summed E-state index contributed by atoms with van der Waals surface area (Å²) in [6.07, 6.45) is 0. The Bertz CT molecular complexity index is 3920. The van der Waals surface area contributed by atoms with E-state index in [0.29, 0.717) is 61.7 Å². The first kappa shape index (κ1) is 43.7. The van der Waals surface area contributed by atoms with Crippen LogP contribution in [0.25, 0.3) is 106 Å².